The van der Waals surface area contributed by atoms with Crippen molar-refractivity contribution >= 4 is 17.3 Å². The van der Waals surface area contributed by atoms with Gasteiger partial charge in [0.2, 0.25) is 0 Å². The van der Waals surface area contributed by atoms with Crippen LogP contribution in [-0.2, 0) is 16.1 Å². The average Bonchev–Trinajstić information content (AvgIpc) is 2.73. The Kier molecular flexibility index (Phi) is 3.93. The van der Waals surface area contributed by atoms with E-state index in [9.17, 15) is 4.79 Å². The third-order valence-corrected chi connectivity index (χ3v) is 3.46. The van der Waals surface area contributed by atoms with E-state index in [0.717, 1.165) is 13.1 Å². The van der Waals surface area contributed by atoms with E-state index in [1.165, 1.54) is 5.56 Å². The van der Waals surface area contributed by atoms with Crippen molar-refractivity contribution < 1.29 is 14.6 Å². The molecule has 1 fully saturated rings. The van der Waals surface area contributed by atoms with Crippen LogP contribution < -0.4 is 0 Å². The molecule has 1 N–H and O–H groups in total. The summed E-state index contributed by atoms with van der Waals surface area (Å²) in [7, 11) is 0. The fourth-order valence-corrected chi connectivity index (χ4v) is 2.56. The van der Waals surface area contributed by atoms with Gasteiger partial charge in [0.05, 0.1) is 19.6 Å². The van der Waals surface area contributed by atoms with Crippen molar-refractivity contribution in [3.05, 3.63) is 22.4 Å². The Balaban J connectivity index is 1.96. The van der Waals surface area contributed by atoms with Gasteiger partial charge in [0.15, 0.2) is 0 Å². The molecule has 88 valence electrons. The number of carbonyl (C=O) groups is 1. The average molecular weight is 241 g/mol. The zero-order chi connectivity index (χ0) is 11.4. The molecule has 2 heterocycles. The highest BCUT2D eigenvalue weighted by atomic mass is 32.1. The zero-order valence-electron chi connectivity index (χ0n) is 8.96. The predicted molar refractivity (Wildman–Crippen MR) is 61.6 cm³/mol. The highest BCUT2D eigenvalue weighted by Crippen LogP contribution is 2.16. The summed E-state index contributed by atoms with van der Waals surface area (Å²) < 4.78 is 5.33. The molecule has 0 radical (unpaired) electrons. The lowest BCUT2D eigenvalue weighted by Gasteiger charge is -2.34. The number of hydrogen-bond donors (Lipinski definition) is 1. The summed E-state index contributed by atoms with van der Waals surface area (Å²) in [5.41, 5.74) is 1.25. The maximum absolute atomic E-state index is 10.7. The molecule has 4 nitrogen and oxygen atoms in total. The lowest BCUT2D eigenvalue weighted by Crippen LogP contribution is -2.45. The van der Waals surface area contributed by atoms with E-state index in [1.807, 2.05) is 5.38 Å². The number of aliphatic carboxylic acids is 1. The molecule has 2 rings (SSSR count). The number of rotatable bonds is 4. The molecule has 1 aliphatic heterocycles. The molecule has 5 heteroatoms. The molecule has 16 heavy (non-hydrogen) atoms. The van der Waals surface area contributed by atoms with Crippen molar-refractivity contribution in [3.63, 3.8) is 0 Å². The minimum Gasteiger partial charge on any atom is -0.481 e. The van der Waals surface area contributed by atoms with E-state index >= 15 is 0 Å². The second-order valence-electron chi connectivity index (χ2n) is 3.93. The third kappa shape index (κ3) is 3.04. The summed E-state index contributed by atoms with van der Waals surface area (Å²) in [6.45, 7) is 2.86. The molecule has 0 saturated carbocycles. The molecular weight excluding hydrogens is 226 g/mol. The first-order chi connectivity index (χ1) is 7.75. The standard InChI is InChI=1S/C11H15NO3S/c13-11(14)5-10-7-15-3-2-12(10)6-9-1-4-16-8-9/h1,4,8,10H,2-3,5-7H2,(H,13,14). The van der Waals surface area contributed by atoms with Gasteiger partial charge in [-0.2, -0.15) is 11.3 Å². The van der Waals surface area contributed by atoms with Crippen LogP contribution in [0.25, 0.3) is 0 Å². The molecule has 1 atom stereocenters. The van der Waals surface area contributed by atoms with Crippen LogP contribution in [0, 0.1) is 0 Å². The van der Waals surface area contributed by atoms with Crippen LogP contribution in [0.3, 0.4) is 0 Å². The minimum absolute atomic E-state index is 0.00569. The van der Waals surface area contributed by atoms with E-state index < -0.39 is 5.97 Å². The first-order valence-electron chi connectivity index (χ1n) is 5.30. The van der Waals surface area contributed by atoms with Crippen LogP contribution in [0.1, 0.15) is 12.0 Å². The molecule has 1 aromatic heterocycles. The van der Waals surface area contributed by atoms with Gasteiger partial charge < -0.3 is 9.84 Å². The fourth-order valence-electron chi connectivity index (χ4n) is 1.90. The number of carboxylic acids is 1. The van der Waals surface area contributed by atoms with Crippen LogP contribution in [0.2, 0.25) is 0 Å². The summed E-state index contributed by atoms with van der Waals surface area (Å²) in [6, 6.07) is 2.09. The number of nitrogens with zero attached hydrogens (tertiary/aromatic N) is 1. The smallest absolute Gasteiger partial charge is 0.305 e. The Labute approximate surface area is 98.4 Å². The van der Waals surface area contributed by atoms with E-state index in [2.05, 4.69) is 16.3 Å². The van der Waals surface area contributed by atoms with Crippen molar-refractivity contribution in [1.29, 1.82) is 0 Å². The molecule has 0 amide bonds. The normalized spacial score (nSPS) is 22.1. The number of ether oxygens (including phenoxy) is 1. The van der Waals surface area contributed by atoms with Gasteiger partial charge in [-0.05, 0) is 22.4 Å². The Bertz CT molecular complexity index is 339. The molecule has 0 bridgehead atoms. The van der Waals surface area contributed by atoms with Gasteiger partial charge >= 0.3 is 5.97 Å². The van der Waals surface area contributed by atoms with Crippen LogP contribution in [-0.4, -0.2) is 41.8 Å². The highest BCUT2D eigenvalue weighted by Gasteiger charge is 2.25. The maximum Gasteiger partial charge on any atom is 0.305 e. The number of morpholine rings is 1. The van der Waals surface area contributed by atoms with Crippen molar-refractivity contribution in [1.82, 2.24) is 4.90 Å². The van der Waals surface area contributed by atoms with Crippen LogP contribution in [0.4, 0.5) is 0 Å². The van der Waals surface area contributed by atoms with E-state index in [1.54, 1.807) is 11.3 Å². The van der Waals surface area contributed by atoms with E-state index in [0.29, 0.717) is 13.2 Å². The molecule has 0 aliphatic carbocycles. The topological polar surface area (TPSA) is 49.8 Å². The monoisotopic (exact) mass is 241 g/mol. The van der Waals surface area contributed by atoms with E-state index in [-0.39, 0.29) is 12.5 Å². The SMILES string of the molecule is O=C(O)CC1COCCN1Cc1ccsc1. The summed E-state index contributed by atoms with van der Waals surface area (Å²) in [5.74, 6) is -0.759. The van der Waals surface area contributed by atoms with Gasteiger partial charge in [0.1, 0.15) is 0 Å². The van der Waals surface area contributed by atoms with Crippen LogP contribution in [0.5, 0.6) is 0 Å². The Hall–Kier alpha value is -0.910. The summed E-state index contributed by atoms with van der Waals surface area (Å²) in [5, 5.41) is 13.0. The van der Waals surface area contributed by atoms with Crippen molar-refractivity contribution in [3.8, 4) is 0 Å². The number of hydrogen-bond acceptors (Lipinski definition) is 4. The third-order valence-electron chi connectivity index (χ3n) is 2.73. The first-order valence-corrected chi connectivity index (χ1v) is 6.24. The van der Waals surface area contributed by atoms with Gasteiger partial charge in [-0.1, -0.05) is 0 Å². The molecule has 0 spiro atoms. The van der Waals surface area contributed by atoms with Crippen molar-refractivity contribution in [2.24, 2.45) is 0 Å². The zero-order valence-corrected chi connectivity index (χ0v) is 9.78. The van der Waals surface area contributed by atoms with Crippen LogP contribution in [0.15, 0.2) is 16.8 Å². The predicted octanol–water partition coefficient (Wildman–Crippen LogP) is 1.42. The molecule has 1 unspecified atom stereocenters. The minimum atomic E-state index is -0.759. The number of carboxylic acid groups (broad SMARTS) is 1. The fraction of sp³-hybridized carbons (Fsp3) is 0.545. The van der Waals surface area contributed by atoms with Gasteiger partial charge in [-0.25, -0.2) is 0 Å². The molecule has 0 aromatic carbocycles. The largest absolute Gasteiger partial charge is 0.481 e. The molecule has 1 aromatic rings. The maximum atomic E-state index is 10.7. The van der Waals surface area contributed by atoms with Gasteiger partial charge in [-0.3, -0.25) is 9.69 Å². The quantitative estimate of drug-likeness (QED) is 0.866. The van der Waals surface area contributed by atoms with Crippen LogP contribution >= 0.6 is 11.3 Å². The highest BCUT2D eigenvalue weighted by molar-refractivity contribution is 7.07. The lowest BCUT2D eigenvalue weighted by molar-refractivity contribution is -0.140. The molecular formula is C11H15NO3S. The summed E-state index contributed by atoms with van der Waals surface area (Å²) in [6.07, 6.45) is 0.157. The Morgan fingerprint density at radius 1 is 1.69 bits per heavy atom. The van der Waals surface area contributed by atoms with Gasteiger partial charge in [-0.15, -0.1) is 0 Å². The number of thiophene rings is 1. The Morgan fingerprint density at radius 2 is 2.56 bits per heavy atom. The van der Waals surface area contributed by atoms with Crippen molar-refractivity contribution in [2.45, 2.75) is 19.0 Å². The second-order valence-corrected chi connectivity index (χ2v) is 4.71. The Morgan fingerprint density at radius 3 is 3.25 bits per heavy atom. The first kappa shape index (κ1) is 11.6. The van der Waals surface area contributed by atoms with Gasteiger partial charge in [0.25, 0.3) is 0 Å². The second kappa shape index (κ2) is 5.43. The summed E-state index contributed by atoms with van der Waals surface area (Å²) in [4.78, 5) is 12.9. The molecule has 1 saturated heterocycles. The van der Waals surface area contributed by atoms with E-state index in [4.69, 9.17) is 9.84 Å². The van der Waals surface area contributed by atoms with Gasteiger partial charge in [0, 0.05) is 19.1 Å². The lowest BCUT2D eigenvalue weighted by atomic mass is 10.1. The van der Waals surface area contributed by atoms with Crippen molar-refractivity contribution in [2.75, 3.05) is 19.8 Å². The molecule has 1 aliphatic rings. The summed E-state index contributed by atoms with van der Waals surface area (Å²) >= 11 is 1.67.